The van der Waals surface area contributed by atoms with E-state index in [1.54, 1.807) is 13.2 Å². The predicted molar refractivity (Wildman–Crippen MR) is 79.6 cm³/mol. The Kier molecular flexibility index (Phi) is 4.25. The van der Waals surface area contributed by atoms with E-state index in [0.717, 1.165) is 22.4 Å². The topological polar surface area (TPSA) is 9.23 Å². The minimum Gasteiger partial charge on any atom is -0.497 e. The molecule has 3 heteroatoms. The highest BCUT2D eigenvalue weighted by Crippen LogP contribution is 2.35. The molecule has 19 heavy (non-hydrogen) atoms. The van der Waals surface area contributed by atoms with E-state index < -0.39 is 0 Å². The fourth-order valence-corrected chi connectivity index (χ4v) is 2.95. The lowest BCUT2D eigenvalue weighted by Crippen LogP contribution is -2.00. The molecule has 0 saturated heterocycles. The number of aryl methyl sites for hydroxylation is 2. The molecule has 2 aromatic rings. The monoisotopic (exact) mass is 322 g/mol. The molecule has 2 aromatic carbocycles. The molecule has 0 aliphatic heterocycles. The summed E-state index contributed by atoms with van der Waals surface area (Å²) in [6.07, 6.45) is 0. The van der Waals surface area contributed by atoms with Gasteiger partial charge in [-0.05, 0) is 43.2 Å². The van der Waals surface area contributed by atoms with E-state index >= 15 is 0 Å². The average Bonchev–Trinajstić information content (AvgIpc) is 2.40. The van der Waals surface area contributed by atoms with E-state index in [4.69, 9.17) is 4.74 Å². The van der Waals surface area contributed by atoms with Gasteiger partial charge in [-0.1, -0.05) is 39.7 Å². The fraction of sp³-hybridized carbons (Fsp3) is 0.250. The summed E-state index contributed by atoms with van der Waals surface area (Å²) in [7, 11) is 1.64. The molecule has 0 aromatic heterocycles. The van der Waals surface area contributed by atoms with Crippen molar-refractivity contribution in [2.24, 2.45) is 0 Å². The molecule has 1 atom stereocenters. The Labute approximate surface area is 121 Å². The van der Waals surface area contributed by atoms with Crippen molar-refractivity contribution in [1.29, 1.82) is 0 Å². The second-order valence-electron chi connectivity index (χ2n) is 4.61. The van der Waals surface area contributed by atoms with Crippen molar-refractivity contribution in [1.82, 2.24) is 0 Å². The van der Waals surface area contributed by atoms with Gasteiger partial charge in [-0.3, -0.25) is 0 Å². The van der Waals surface area contributed by atoms with Gasteiger partial charge in [-0.25, -0.2) is 4.39 Å². The number of ether oxygens (including phenoxy) is 1. The van der Waals surface area contributed by atoms with Gasteiger partial charge >= 0.3 is 0 Å². The summed E-state index contributed by atoms with van der Waals surface area (Å²) in [5.74, 6) is 0.619. The third-order valence-corrected chi connectivity index (χ3v) is 4.16. The van der Waals surface area contributed by atoms with E-state index in [9.17, 15) is 4.39 Å². The summed E-state index contributed by atoms with van der Waals surface area (Å²) in [6.45, 7) is 3.96. The summed E-state index contributed by atoms with van der Waals surface area (Å²) in [5.41, 5.74) is 3.83. The first-order chi connectivity index (χ1) is 9.02. The van der Waals surface area contributed by atoms with Gasteiger partial charge in [0, 0.05) is 5.56 Å². The fourth-order valence-electron chi connectivity index (χ4n) is 2.08. The lowest BCUT2D eigenvalue weighted by molar-refractivity contribution is 0.414. The highest BCUT2D eigenvalue weighted by atomic mass is 79.9. The molecule has 0 fully saturated rings. The van der Waals surface area contributed by atoms with Crippen molar-refractivity contribution in [2.45, 2.75) is 18.7 Å². The van der Waals surface area contributed by atoms with Crippen LogP contribution >= 0.6 is 15.9 Å². The van der Waals surface area contributed by atoms with Crippen LogP contribution in [0.1, 0.15) is 27.1 Å². The van der Waals surface area contributed by atoms with Gasteiger partial charge in [0.25, 0.3) is 0 Å². The van der Waals surface area contributed by atoms with Crippen molar-refractivity contribution in [3.63, 3.8) is 0 Å². The second kappa shape index (κ2) is 5.74. The zero-order valence-electron chi connectivity index (χ0n) is 11.2. The standard InChI is InChI=1S/C16H16BrFO/c1-10-4-7-15(18)14(8-10)16(17)13-6-5-12(19-3)9-11(13)2/h4-9,16H,1-3H3. The zero-order valence-corrected chi connectivity index (χ0v) is 12.8. The van der Waals surface area contributed by atoms with Crippen LogP contribution in [0.4, 0.5) is 4.39 Å². The summed E-state index contributed by atoms with van der Waals surface area (Å²) in [5, 5.41) is 0. The quantitative estimate of drug-likeness (QED) is 0.727. The van der Waals surface area contributed by atoms with Gasteiger partial charge < -0.3 is 4.74 Å². The third kappa shape index (κ3) is 2.98. The van der Waals surface area contributed by atoms with Crippen LogP contribution in [0.2, 0.25) is 0 Å². The van der Waals surface area contributed by atoms with Crippen LogP contribution in [0.25, 0.3) is 0 Å². The molecular formula is C16H16BrFO. The molecule has 100 valence electrons. The second-order valence-corrected chi connectivity index (χ2v) is 5.53. The lowest BCUT2D eigenvalue weighted by Gasteiger charge is -2.16. The van der Waals surface area contributed by atoms with Crippen LogP contribution in [0.15, 0.2) is 36.4 Å². The number of alkyl halides is 1. The van der Waals surface area contributed by atoms with Gasteiger partial charge in [0.2, 0.25) is 0 Å². The Morgan fingerprint density at radius 3 is 2.42 bits per heavy atom. The van der Waals surface area contributed by atoms with Crippen molar-refractivity contribution in [2.75, 3.05) is 7.11 Å². The maximum atomic E-state index is 13.9. The first kappa shape index (κ1) is 14.1. The number of hydrogen-bond donors (Lipinski definition) is 0. The van der Waals surface area contributed by atoms with Crippen LogP contribution in [0.3, 0.4) is 0 Å². The predicted octanol–water partition coefficient (Wildman–Crippen LogP) is 4.94. The highest BCUT2D eigenvalue weighted by molar-refractivity contribution is 9.09. The van der Waals surface area contributed by atoms with Crippen molar-refractivity contribution >= 4 is 15.9 Å². The molecule has 1 nitrogen and oxygen atoms in total. The molecule has 1 unspecified atom stereocenters. The van der Waals surface area contributed by atoms with E-state index in [-0.39, 0.29) is 10.6 Å². The summed E-state index contributed by atoms with van der Waals surface area (Å²) >= 11 is 3.60. The van der Waals surface area contributed by atoms with Crippen LogP contribution in [0, 0.1) is 19.7 Å². The van der Waals surface area contributed by atoms with Gasteiger partial charge in [0.05, 0.1) is 11.9 Å². The highest BCUT2D eigenvalue weighted by Gasteiger charge is 2.17. The van der Waals surface area contributed by atoms with E-state index in [0.29, 0.717) is 5.56 Å². The average molecular weight is 323 g/mol. The van der Waals surface area contributed by atoms with Crippen molar-refractivity contribution < 1.29 is 9.13 Å². The van der Waals surface area contributed by atoms with Crippen LogP contribution in [-0.4, -0.2) is 7.11 Å². The third-order valence-electron chi connectivity index (χ3n) is 3.17. The first-order valence-electron chi connectivity index (χ1n) is 6.07. The summed E-state index contributed by atoms with van der Waals surface area (Å²) in [4.78, 5) is -0.154. The molecule has 0 aliphatic rings. The zero-order chi connectivity index (χ0) is 14.0. The number of hydrogen-bond acceptors (Lipinski definition) is 1. The maximum absolute atomic E-state index is 13.9. The SMILES string of the molecule is COc1ccc(C(Br)c2cc(C)ccc2F)c(C)c1. The van der Waals surface area contributed by atoms with E-state index in [1.165, 1.54) is 6.07 Å². The van der Waals surface area contributed by atoms with Gasteiger partial charge in [0.15, 0.2) is 0 Å². The summed E-state index contributed by atoms with van der Waals surface area (Å²) < 4.78 is 19.1. The Hall–Kier alpha value is -1.35. The largest absolute Gasteiger partial charge is 0.497 e. The Balaban J connectivity index is 2.43. The van der Waals surface area contributed by atoms with Crippen LogP contribution < -0.4 is 4.74 Å². The lowest BCUT2D eigenvalue weighted by atomic mass is 9.98. The number of methoxy groups -OCH3 is 1. The minimum absolute atomic E-state index is 0.154. The minimum atomic E-state index is -0.192. The molecule has 0 spiro atoms. The number of rotatable bonds is 3. The number of benzene rings is 2. The molecule has 0 radical (unpaired) electrons. The molecule has 0 saturated carbocycles. The van der Waals surface area contributed by atoms with Crippen LogP contribution in [-0.2, 0) is 0 Å². The Morgan fingerprint density at radius 2 is 1.79 bits per heavy atom. The molecule has 2 rings (SSSR count). The maximum Gasteiger partial charge on any atom is 0.127 e. The molecule has 0 N–H and O–H groups in total. The van der Waals surface area contributed by atoms with E-state index in [2.05, 4.69) is 15.9 Å². The number of halogens is 2. The molecular weight excluding hydrogens is 307 g/mol. The van der Waals surface area contributed by atoms with Gasteiger partial charge in [-0.15, -0.1) is 0 Å². The van der Waals surface area contributed by atoms with Crippen molar-refractivity contribution in [3.05, 3.63) is 64.5 Å². The van der Waals surface area contributed by atoms with Gasteiger partial charge in [-0.2, -0.15) is 0 Å². The normalized spacial score (nSPS) is 12.3. The summed E-state index contributed by atoms with van der Waals surface area (Å²) in [6, 6.07) is 11.0. The first-order valence-corrected chi connectivity index (χ1v) is 6.99. The van der Waals surface area contributed by atoms with Gasteiger partial charge in [0.1, 0.15) is 11.6 Å². The van der Waals surface area contributed by atoms with Crippen molar-refractivity contribution in [3.8, 4) is 5.75 Å². The van der Waals surface area contributed by atoms with E-state index in [1.807, 2.05) is 38.1 Å². The van der Waals surface area contributed by atoms with Crippen LogP contribution in [0.5, 0.6) is 5.75 Å². The Morgan fingerprint density at radius 1 is 1.05 bits per heavy atom. The Bertz CT molecular complexity index is 595. The smallest absolute Gasteiger partial charge is 0.127 e. The molecule has 0 aliphatic carbocycles. The molecule has 0 amide bonds. The molecule has 0 heterocycles. The molecule has 0 bridgehead atoms.